The minimum absolute atomic E-state index is 0.198. The van der Waals surface area contributed by atoms with E-state index in [1.54, 1.807) is 30.5 Å². The fourth-order valence-electron chi connectivity index (χ4n) is 2.29. The number of halogens is 1. The van der Waals surface area contributed by atoms with Crippen LogP contribution in [0.4, 0.5) is 5.69 Å². The lowest BCUT2D eigenvalue weighted by Gasteiger charge is -2.06. The first-order valence-electron chi connectivity index (χ1n) is 8.07. The van der Waals surface area contributed by atoms with Crippen molar-refractivity contribution in [2.24, 2.45) is 5.16 Å². The maximum atomic E-state index is 12.2. The van der Waals surface area contributed by atoms with E-state index in [0.29, 0.717) is 22.9 Å². The van der Waals surface area contributed by atoms with Crippen molar-refractivity contribution in [2.45, 2.75) is 6.61 Å². The standard InChI is InChI=1S/C21H17ClN2O2/c22-19-11-9-18(10-12-19)21(25)24-20-8-4-7-17(13-20)14-23-26-15-16-5-2-1-3-6-16/h1-14H,15H2,(H,24,25)/b23-14+. The van der Waals surface area contributed by atoms with Crippen molar-refractivity contribution in [2.75, 3.05) is 5.32 Å². The van der Waals surface area contributed by atoms with Crippen molar-refractivity contribution in [3.8, 4) is 0 Å². The molecule has 0 bridgehead atoms. The van der Waals surface area contributed by atoms with E-state index in [1.807, 2.05) is 54.6 Å². The van der Waals surface area contributed by atoms with Crippen LogP contribution in [0.3, 0.4) is 0 Å². The van der Waals surface area contributed by atoms with Gasteiger partial charge in [0.15, 0.2) is 0 Å². The second-order valence-electron chi connectivity index (χ2n) is 5.58. The Morgan fingerprint density at radius 3 is 2.54 bits per heavy atom. The van der Waals surface area contributed by atoms with E-state index < -0.39 is 0 Å². The Bertz CT molecular complexity index is 893. The molecule has 0 aliphatic rings. The van der Waals surface area contributed by atoms with Crippen LogP contribution in [0.5, 0.6) is 0 Å². The average Bonchev–Trinajstić information content (AvgIpc) is 2.67. The molecule has 0 saturated heterocycles. The molecule has 3 aromatic rings. The van der Waals surface area contributed by atoms with Gasteiger partial charge in [-0.3, -0.25) is 4.79 Å². The molecule has 4 nitrogen and oxygen atoms in total. The lowest BCUT2D eigenvalue weighted by atomic mass is 10.2. The summed E-state index contributed by atoms with van der Waals surface area (Å²) in [5.41, 5.74) is 3.09. The molecule has 0 fully saturated rings. The van der Waals surface area contributed by atoms with Gasteiger partial charge in [-0.15, -0.1) is 0 Å². The highest BCUT2D eigenvalue weighted by Gasteiger charge is 2.06. The molecule has 0 spiro atoms. The Labute approximate surface area is 157 Å². The topological polar surface area (TPSA) is 50.7 Å². The van der Waals surface area contributed by atoms with Crippen LogP contribution >= 0.6 is 11.6 Å². The Morgan fingerprint density at radius 1 is 1.00 bits per heavy atom. The van der Waals surface area contributed by atoms with E-state index >= 15 is 0 Å². The maximum absolute atomic E-state index is 12.2. The third kappa shape index (κ3) is 5.19. The number of rotatable bonds is 6. The summed E-state index contributed by atoms with van der Waals surface area (Å²) in [4.78, 5) is 17.5. The quantitative estimate of drug-likeness (QED) is 0.486. The summed E-state index contributed by atoms with van der Waals surface area (Å²) in [6.45, 7) is 0.407. The molecule has 5 heteroatoms. The lowest BCUT2D eigenvalue weighted by Crippen LogP contribution is -2.11. The summed E-state index contributed by atoms with van der Waals surface area (Å²) >= 11 is 5.84. The zero-order chi connectivity index (χ0) is 18.2. The van der Waals surface area contributed by atoms with E-state index in [9.17, 15) is 4.79 Å². The molecule has 0 aromatic heterocycles. The number of nitrogens with zero attached hydrogens (tertiary/aromatic N) is 1. The van der Waals surface area contributed by atoms with Crippen molar-refractivity contribution >= 4 is 29.4 Å². The largest absolute Gasteiger partial charge is 0.391 e. The van der Waals surface area contributed by atoms with Crippen LogP contribution in [0.15, 0.2) is 84.0 Å². The minimum atomic E-state index is -0.198. The van der Waals surface area contributed by atoms with Crippen LogP contribution in [0.25, 0.3) is 0 Å². The molecule has 0 atom stereocenters. The number of oxime groups is 1. The van der Waals surface area contributed by atoms with Gasteiger partial charge < -0.3 is 10.2 Å². The van der Waals surface area contributed by atoms with Gasteiger partial charge in [-0.1, -0.05) is 59.2 Å². The van der Waals surface area contributed by atoms with Gasteiger partial charge in [0.05, 0.1) is 6.21 Å². The third-order valence-corrected chi connectivity index (χ3v) is 3.85. The third-order valence-electron chi connectivity index (χ3n) is 3.60. The number of carbonyl (C=O) groups excluding carboxylic acids is 1. The van der Waals surface area contributed by atoms with Crippen molar-refractivity contribution in [1.82, 2.24) is 0 Å². The summed E-state index contributed by atoms with van der Waals surface area (Å²) in [5.74, 6) is -0.198. The van der Waals surface area contributed by atoms with Gasteiger partial charge >= 0.3 is 0 Å². The Kier molecular flexibility index (Phi) is 6.01. The van der Waals surface area contributed by atoms with E-state index in [1.165, 1.54) is 0 Å². The van der Waals surface area contributed by atoms with Crippen LogP contribution < -0.4 is 5.32 Å². The molecule has 1 N–H and O–H groups in total. The van der Waals surface area contributed by atoms with Crippen LogP contribution in [-0.2, 0) is 11.4 Å². The SMILES string of the molecule is O=C(Nc1cccc(/C=N/OCc2ccccc2)c1)c1ccc(Cl)cc1. The van der Waals surface area contributed by atoms with E-state index in [4.69, 9.17) is 16.4 Å². The van der Waals surface area contributed by atoms with E-state index in [0.717, 1.165) is 11.1 Å². The second kappa shape index (κ2) is 8.83. The number of hydrogen-bond donors (Lipinski definition) is 1. The van der Waals surface area contributed by atoms with Gasteiger partial charge in [0.25, 0.3) is 5.91 Å². The van der Waals surface area contributed by atoms with Crippen molar-refractivity contribution < 1.29 is 9.63 Å². The van der Waals surface area contributed by atoms with Gasteiger partial charge in [0.1, 0.15) is 6.61 Å². The van der Waals surface area contributed by atoms with Gasteiger partial charge in [-0.2, -0.15) is 0 Å². The van der Waals surface area contributed by atoms with Crippen LogP contribution in [0.1, 0.15) is 21.5 Å². The number of anilines is 1. The molecule has 0 unspecified atom stereocenters. The minimum Gasteiger partial charge on any atom is -0.391 e. The van der Waals surface area contributed by atoms with E-state index in [-0.39, 0.29) is 5.91 Å². The van der Waals surface area contributed by atoms with Crippen molar-refractivity contribution in [3.63, 3.8) is 0 Å². The molecule has 0 aliphatic carbocycles. The fourth-order valence-corrected chi connectivity index (χ4v) is 2.41. The van der Waals surface area contributed by atoms with Gasteiger partial charge in [0.2, 0.25) is 0 Å². The molecule has 1 amide bonds. The van der Waals surface area contributed by atoms with Crippen molar-refractivity contribution in [3.05, 3.63) is 101 Å². The van der Waals surface area contributed by atoms with Crippen molar-refractivity contribution in [1.29, 1.82) is 0 Å². The molecule has 130 valence electrons. The predicted molar refractivity (Wildman–Crippen MR) is 105 cm³/mol. The molecular weight excluding hydrogens is 348 g/mol. The summed E-state index contributed by atoms with van der Waals surface area (Å²) < 4.78 is 0. The fraction of sp³-hybridized carbons (Fsp3) is 0.0476. The first-order chi connectivity index (χ1) is 12.7. The first kappa shape index (κ1) is 17.7. The first-order valence-corrected chi connectivity index (χ1v) is 8.45. The summed E-state index contributed by atoms with van der Waals surface area (Å²) in [5, 5.41) is 7.42. The summed E-state index contributed by atoms with van der Waals surface area (Å²) in [6.07, 6.45) is 1.61. The van der Waals surface area contributed by atoms with Gasteiger partial charge in [-0.25, -0.2) is 0 Å². The molecule has 0 heterocycles. The highest BCUT2D eigenvalue weighted by Crippen LogP contribution is 2.14. The molecule has 0 radical (unpaired) electrons. The molecule has 26 heavy (non-hydrogen) atoms. The Hall–Kier alpha value is -3.11. The molecular formula is C21H17ClN2O2. The molecule has 0 aliphatic heterocycles. The van der Waals surface area contributed by atoms with Crippen LogP contribution in [-0.4, -0.2) is 12.1 Å². The zero-order valence-electron chi connectivity index (χ0n) is 13.9. The lowest BCUT2D eigenvalue weighted by molar-refractivity contribution is 0.102. The normalized spacial score (nSPS) is 10.7. The summed E-state index contributed by atoms with van der Waals surface area (Å²) in [7, 11) is 0. The smallest absolute Gasteiger partial charge is 0.255 e. The van der Waals surface area contributed by atoms with E-state index in [2.05, 4.69) is 10.5 Å². The average molecular weight is 365 g/mol. The monoisotopic (exact) mass is 364 g/mol. The highest BCUT2D eigenvalue weighted by atomic mass is 35.5. The molecule has 3 aromatic carbocycles. The molecule has 0 saturated carbocycles. The zero-order valence-corrected chi connectivity index (χ0v) is 14.7. The number of hydrogen-bond acceptors (Lipinski definition) is 3. The number of amides is 1. The highest BCUT2D eigenvalue weighted by molar-refractivity contribution is 6.30. The van der Waals surface area contributed by atoms with Crippen LogP contribution in [0, 0.1) is 0 Å². The van der Waals surface area contributed by atoms with Gasteiger partial charge in [0, 0.05) is 16.3 Å². The van der Waals surface area contributed by atoms with Crippen LogP contribution in [0.2, 0.25) is 5.02 Å². The number of carbonyl (C=O) groups is 1. The Morgan fingerprint density at radius 2 is 1.77 bits per heavy atom. The number of nitrogens with one attached hydrogen (secondary N) is 1. The summed E-state index contributed by atoms with van der Waals surface area (Å²) in [6, 6.07) is 23.9. The molecule has 3 rings (SSSR count). The van der Waals surface area contributed by atoms with Gasteiger partial charge in [-0.05, 0) is 47.5 Å². The Balaban J connectivity index is 1.58. The second-order valence-corrected chi connectivity index (χ2v) is 6.02. The predicted octanol–water partition coefficient (Wildman–Crippen LogP) is 5.14. The maximum Gasteiger partial charge on any atom is 0.255 e. The number of benzene rings is 3.